The Morgan fingerprint density at radius 1 is 1.36 bits per heavy atom. The van der Waals surface area contributed by atoms with Gasteiger partial charge in [0, 0.05) is 18.2 Å². The first-order valence-electron chi connectivity index (χ1n) is 8.80. The number of carbonyl (C=O) groups is 1. The lowest BCUT2D eigenvalue weighted by Gasteiger charge is -2.29. The zero-order valence-electron chi connectivity index (χ0n) is 14.5. The van der Waals surface area contributed by atoms with Crippen molar-refractivity contribution in [3.8, 4) is 0 Å². The maximum Gasteiger partial charge on any atom is 0.291 e. The van der Waals surface area contributed by atoms with Crippen molar-refractivity contribution in [3.05, 3.63) is 34.6 Å². The van der Waals surface area contributed by atoms with Crippen LogP contribution in [0.25, 0.3) is 16.6 Å². The molecule has 0 saturated heterocycles. The summed E-state index contributed by atoms with van der Waals surface area (Å²) < 4.78 is 8.38. The Balaban J connectivity index is 1.62. The lowest BCUT2D eigenvalue weighted by molar-refractivity contribution is -0.123. The van der Waals surface area contributed by atoms with Crippen LogP contribution in [0.1, 0.15) is 38.4 Å². The van der Waals surface area contributed by atoms with E-state index in [0.717, 1.165) is 24.8 Å². The number of nitrogens with zero attached hydrogens (tertiary/aromatic N) is 3. The maximum absolute atomic E-state index is 12.7. The Morgan fingerprint density at radius 2 is 2.16 bits per heavy atom. The molecule has 1 N–H and O–H groups in total. The van der Waals surface area contributed by atoms with Gasteiger partial charge < -0.3 is 9.73 Å². The topological polar surface area (TPSA) is 81.5 Å². The molecular weight excluding hydrogens is 320 g/mol. The average molecular weight is 342 g/mol. The summed E-state index contributed by atoms with van der Waals surface area (Å²) >= 11 is 0. The van der Waals surface area contributed by atoms with Gasteiger partial charge in [0.1, 0.15) is 17.9 Å². The molecule has 1 aliphatic rings. The number of amides is 1. The van der Waals surface area contributed by atoms with Gasteiger partial charge in [0.2, 0.25) is 5.91 Å². The van der Waals surface area contributed by atoms with E-state index < -0.39 is 0 Å². The lowest BCUT2D eigenvalue weighted by atomic mass is 9.86. The third-order valence-electron chi connectivity index (χ3n) is 5.22. The number of hydrogen-bond acceptors (Lipinski definition) is 4. The lowest BCUT2D eigenvalue weighted by Crippen LogP contribution is -2.44. The van der Waals surface area contributed by atoms with Crippen molar-refractivity contribution in [1.29, 1.82) is 0 Å². The molecule has 7 nitrogen and oxygen atoms in total. The van der Waals surface area contributed by atoms with Gasteiger partial charge in [-0.15, -0.1) is 0 Å². The van der Waals surface area contributed by atoms with Crippen LogP contribution >= 0.6 is 0 Å². The monoisotopic (exact) mass is 342 g/mol. The molecule has 2 atom stereocenters. The van der Waals surface area contributed by atoms with Crippen LogP contribution in [0.4, 0.5) is 0 Å². The van der Waals surface area contributed by atoms with E-state index in [9.17, 15) is 9.59 Å². The summed E-state index contributed by atoms with van der Waals surface area (Å²) in [5.41, 5.74) is 1.63. The maximum atomic E-state index is 12.7. The van der Waals surface area contributed by atoms with Gasteiger partial charge in [0.25, 0.3) is 5.56 Å². The summed E-state index contributed by atoms with van der Waals surface area (Å²) in [7, 11) is 0. The molecule has 1 amide bonds. The number of aromatic nitrogens is 3. The zero-order chi connectivity index (χ0) is 17.6. The highest BCUT2D eigenvalue weighted by Gasteiger charge is 2.23. The van der Waals surface area contributed by atoms with Crippen molar-refractivity contribution in [2.45, 2.75) is 52.1 Å². The minimum Gasteiger partial charge on any atom is -0.463 e. The van der Waals surface area contributed by atoms with Crippen LogP contribution in [0.15, 0.2) is 27.6 Å². The van der Waals surface area contributed by atoms with Gasteiger partial charge in [-0.2, -0.15) is 5.10 Å². The first kappa shape index (κ1) is 15.9. The van der Waals surface area contributed by atoms with E-state index in [1.54, 1.807) is 22.8 Å². The summed E-state index contributed by atoms with van der Waals surface area (Å²) in [6.07, 6.45) is 6.09. The molecule has 0 spiro atoms. The number of hydrogen-bond donors (Lipinski definition) is 1. The molecule has 7 heteroatoms. The fourth-order valence-electron chi connectivity index (χ4n) is 3.85. The predicted octanol–water partition coefficient (Wildman–Crippen LogP) is 2.25. The van der Waals surface area contributed by atoms with Crippen LogP contribution in [0.2, 0.25) is 0 Å². The highest BCUT2D eigenvalue weighted by molar-refractivity contribution is 5.82. The van der Waals surface area contributed by atoms with E-state index >= 15 is 0 Å². The van der Waals surface area contributed by atoms with Gasteiger partial charge in [0.15, 0.2) is 5.58 Å². The van der Waals surface area contributed by atoms with Crippen molar-refractivity contribution in [3.63, 3.8) is 0 Å². The Morgan fingerprint density at radius 3 is 2.96 bits per heavy atom. The normalized spacial score (nSPS) is 21.0. The minimum absolute atomic E-state index is 0.0636. The van der Waals surface area contributed by atoms with Crippen LogP contribution in [0.3, 0.4) is 0 Å². The largest absolute Gasteiger partial charge is 0.463 e. The molecule has 4 rings (SSSR count). The number of aryl methyl sites for hydroxylation is 1. The molecule has 3 aromatic heterocycles. The fourth-order valence-corrected chi connectivity index (χ4v) is 3.85. The number of nitrogens with one attached hydrogen (secondary N) is 1. The first-order valence-corrected chi connectivity index (χ1v) is 8.80. The van der Waals surface area contributed by atoms with Gasteiger partial charge in [-0.1, -0.05) is 19.8 Å². The second kappa shape index (κ2) is 6.06. The zero-order valence-corrected chi connectivity index (χ0v) is 14.5. The average Bonchev–Trinajstić information content (AvgIpc) is 3.15. The number of furan rings is 1. The second-order valence-corrected chi connectivity index (χ2v) is 6.98. The Labute approximate surface area is 144 Å². The van der Waals surface area contributed by atoms with E-state index in [1.807, 2.05) is 6.92 Å². The van der Waals surface area contributed by atoms with Gasteiger partial charge in [-0.05, 0) is 25.7 Å². The molecule has 1 saturated carbocycles. The standard InChI is InChI=1S/C18H22N4O3/c1-11-5-3-4-6-13(11)19-17(23)10-21-18(24)15-9-16-14(7-8-25-16)22(15)12(2)20-21/h7-9,11,13H,3-6,10H2,1-2H3,(H,19,23)/t11-,13-/m0/s1. The smallest absolute Gasteiger partial charge is 0.291 e. The molecule has 0 bridgehead atoms. The minimum atomic E-state index is -0.288. The molecule has 0 aromatic carbocycles. The first-order chi connectivity index (χ1) is 12.0. The van der Waals surface area contributed by atoms with E-state index in [0.29, 0.717) is 22.8 Å². The van der Waals surface area contributed by atoms with Gasteiger partial charge >= 0.3 is 0 Å². The molecule has 3 heterocycles. The molecule has 25 heavy (non-hydrogen) atoms. The molecule has 3 aromatic rings. The summed E-state index contributed by atoms with van der Waals surface area (Å²) in [5, 5.41) is 7.39. The van der Waals surface area contributed by atoms with Crippen LogP contribution in [-0.4, -0.2) is 26.1 Å². The van der Waals surface area contributed by atoms with Crippen molar-refractivity contribution in [1.82, 2.24) is 19.5 Å². The number of rotatable bonds is 3. The molecule has 1 aliphatic carbocycles. The number of fused-ring (bicyclic) bond motifs is 3. The van der Waals surface area contributed by atoms with E-state index in [1.165, 1.54) is 11.1 Å². The van der Waals surface area contributed by atoms with Crippen LogP contribution < -0.4 is 10.9 Å². The van der Waals surface area contributed by atoms with Gasteiger partial charge in [-0.25, -0.2) is 4.68 Å². The van der Waals surface area contributed by atoms with E-state index in [2.05, 4.69) is 17.3 Å². The molecule has 132 valence electrons. The number of carbonyl (C=O) groups excluding carboxylic acids is 1. The molecule has 0 unspecified atom stereocenters. The summed E-state index contributed by atoms with van der Waals surface area (Å²) in [4.78, 5) is 25.1. The Bertz CT molecular complexity index is 997. The highest BCUT2D eigenvalue weighted by Crippen LogP contribution is 2.23. The van der Waals surface area contributed by atoms with Crippen molar-refractivity contribution in [2.75, 3.05) is 0 Å². The third-order valence-corrected chi connectivity index (χ3v) is 5.22. The quantitative estimate of drug-likeness (QED) is 0.791. The predicted molar refractivity (Wildman–Crippen MR) is 93.5 cm³/mol. The molecule has 1 fully saturated rings. The van der Waals surface area contributed by atoms with Crippen LogP contribution in [-0.2, 0) is 11.3 Å². The van der Waals surface area contributed by atoms with Gasteiger partial charge in [-0.3, -0.25) is 14.0 Å². The second-order valence-electron chi connectivity index (χ2n) is 6.98. The third kappa shape index (κ3) is 2.73. The highest BCUT2D eigenvalue weighted by atomic mass is 16.3. The molecule has 0 radical (unpaired) electrons. The molecular formula is C18H22N4O3. The Kier molecular flexibility index (Phi) is 3.86. The fraction of sp³-hybridized carbons (Fsp3) is 0.500. The summed E-state index contributed by atoms with van der Waals surface area (Å²) in [5.74, 6) is 0.960. The SMILES string of the molecule is Cc1nn(CC(=O)N[C@H]2CCCC[C@@H]2C)c(=O)c2cc3occc3n12. The van der Waals surface area contributed by atoms with Crippen LogP contribution in [0.5, 0.6) is 0 Å². The van der Waals surface area contributed by atoms with Gasteiger partial charge in [0.05, 0.1) is 11.8 Å². The van der Waals surface area contributed by atoms with Crippen molar-refractivity contribution >= 4 is 22.5 Å². The summed E-state index contributed by atoms with van der Waals surface area (Å²) in [6.45, 7) is 3.92. The van der Waals surface area contributed by atoms with E-state index in [4.69, 9.17) is 4.42 Å². The van der Waals surface area contributed by atoms with Crippen molar-refractivity contribution < 1.29 is 9.21 Å². The summed E-state index contributed by atoms with van der Waals surface area (Å²) in [6, 6.07) is 3.69. The molecule has 0 aliphatic heterocycles. The van der Waals surface area contributed by atoms with E-state index in [-0.39, 0.29) is 24.1 Å². The van der Waals surface area contributed by atoms with Crippen LogP contribution in [0, 0.1) is 12.8 Å². The Hall–Kier alpha value is -2.57. The van der Waals surface area contributed by atoms with Crippen molar-refractivity contribution in [2.24, 2.45) is 5.92 Å².